The maximum Gasteiger partial charge on any atom is 0.147 e. The van der Waals surface area contributed by atoms with E-state index in [1.807, 2.05) is 67.1 Å². The van der Waals surface area contributed by atoms with Gasteiger partial charge >= 0.3 is 0 Å². The molecular weight excluding hydrogens is 506 g/mol. The van der Waals surface area contributed by atoms with Crippen LogP contribution in [0.3, 0.4) is 0 Å². The number of pyridine rings is 1. The number of imidazole rings is 1. The average molecular weight is 536 g/mol. The highest BCUT2D eigenvalue weighted by atomic mass is 15.1. The summed E-state index contributed by atoms with van der Waals surface area (Å²) >= 11 is 0. The molecule has 7 nitrogen and oxygen atoms in total. The van der Waals surface area contributed by atoms with Gasteiger partial charge < -0.3 is 10.3 Å². The van der Waals surface area contributed by atoms with Gasteiger partial charge in [-0.25, -0.2) is 9.97 Å². The lowest BCUT2D eigenvalue weighted by Crippen LogP contribution is -2.09. The fourth-order valence-corrected chi connectivity index (χ4v) is 4.92. The molecule has 0 bridgehead atoms. The number of hydrogen-bond acceptors (Lipinski definition) is 4. The van der Waals surface area contributed by atoms with E-state index in [4.69, 9.17) is 0 Å². The van der Waals surface area contributed by atoms with Crippen molar-refractivity contribution in [3.8, 4) is 17.2 Å². The van der Waals surface area contributed by atoms with Crippen LogP contribution in [0.5, 0.6) is 0 Å². The zero-order valence-corrected chi connectivity index (χ0v) is 22.9. The maximum atomic E-state index is 4.68. The van der Waals surface area contributed by atoms with Gasteiger partial charge in [0.15, 0.2) is 0 Å². The molecule has 0 aliphatic rings. The second-order valence-corrected chi connectivity index (χ2v) is 9.70. The van der Waals surface area contributed by atoms with E-state index in [2.05, 4.69) is 85.8 Å². The molecule has 0 fully saturated rings. The van der Waals surface area contributed by atoms with Gasteiger partial charge in [-0.3, -0.25) is 9.67 Å². The number of benzene rings is 2. The van der Waals surface area contributed by atoms with Crippen molar-refractivity contribution in [2.45, 2.75) is 13.8 Å². The third kappa shape index (κ3) is 5.05. The molecule has 200 valence electrons. The van der Waals surface area contributed by atoms with Gasteiger partial charge in [-0.1, -0.05) is 55.6 Å². The van der Waals surface area contributed by atoms with E-state index in [-0.39, 0.29) is 0 Å². The Labute approximate surface area is 238 Å². The summed E-state index contributed by atoms with van der Waals surface area (Å²) in [6.45, 7) is 12.0. The van der Waals surface area contributed by atoms with Crippen LogP contribution in [-0.4, -0.2) is 29.7 Å². The second kappa shape index (κ2) is 10.8. The second-order valence-electron chi connectivity index (χ2n) is 9.70. The lowest BCUT2D eigenvalue weighted by atomic mass is 10.0. The number of hydrogen-bond donors (Lipinski definition) is 3. The molecule has 6 rings (SSSR count). The van der Waals surface area contributed by atoms with E-state index in [1.165, 1.54) is 0 Å². The molecule has 6 aromatic rings. The molecule has 0 amide bonds. The number of aromatic amines is 2. The van der Waals surface area contributed by atoms with Gasteiger partial charge in [0.25, 0.3) is 0 Å². The van der Waals surface area contributed by atoms with E-state index in [1.54, 1.807) is 12.5 Å². The zero-order valence-electron chi connectivity index (χ0n) is 22.9. The molecule has 0 aliphatic carbocycles. The fourth-order valence-electron chi connectivity index (χ4n) is 4.92. The summed E-state index contributed by atoms with van der Waals surface area (Å²) in [5.74, 6) is 0.819. The van der Waals surface area contributed by atoms with E-state index in [9.17, 15) is 0 Å². The van der Waals surface area contributed by atoms with Gasteiger partial charge in [-0.05, 0) is 60.9 Å². The highest BCUT2D eigenvalue weighted by molar-refractivity contribution is 5.99. The molecule has 0 unspecified atom stereocenters. The molecule has 0 spiro atoms. The van der Waals surface area contributed by atoms with Crippen LogP contribution in [0.1, 0.15) is 23.7 Å². The lowest BCUT2D eigenvalue weighted by molar-refractivity contribution is 1.01. The lowest BCUT2D eigenvalue weighted by Gasteiger charge is -2.12. The minimum atomic E-state index is 0.796. The minimum Gasteiger partial charge on any atom is -0.355 e. The molecule has 41 heavy (non-hydrogen) atoms. The Hall–Kier alpha value is -5.65. The third-order valence-corrected chi connectivity index (χ3v) is 6.93. The van der Waals surface area contributed by atoms with E-state index in [0.717, 1.165) is 72.8 Å². The number of nitrogens with one attached hydrogen (secondary N) is 3. The molecular formula is C34H29N7. The number of fused-ring (bicyclic) bond motifs is 2. The first-order chi connectivity index (χ1) is 20.0. The highest BCUT2D eigenvalue weighted by Crippen LogP contribution is 2.32. The van der Waals surface area contributed by atoms with Crippen LogP contribution in [0.25, 0.3) is 50.3 Å². The summed E-state index contributed by atoms with van der Waals surface area (Å²) in [5, 5.41) is 13.3. The Bertz CT molecular complexity index is 2010. The van der Waals surface area contributed by atoms with Crippen molar-refractivity contribution >= 4 is 33.1 Å². The monoisotopic (exact) mass is 535 g/mol. The van der Waals surface area contributed by atoms with Crippen LogP contribution in [0, 0.1) is 6.92 Å². The molecule has 0 saturated carbocycles. The number of rotatable bonds is 8. The summed E-state index contributed by atoms with van der Waals surface area (Å²) in [6.07, 6.45) is 11.5. The SMILES string of the molecule is C=C=C/C(=C\C(=C/C)c1ccc2[nH]nc(-c3cc4c(-n5cnc(C)c5)nccc4[nH]3)c2c1)NC(=C)c1ccccc1. The molecule has 4 aromatic heterocycles. The standard InChI is InChI=1S/C34H29N7/c1-5-10-27(37-23(4)25-11-8-7-9-12-25)17-24(6-2)26-13-14-31-28(18-26)33(40-39-31)32-19-29-30(38-32)15-16-35-34(29)41-20-22(3)36-21-41/h6-21,37-38H,1,4H2,2-3H3,(H,39,40)/b24-6+,27-17+. The summed E-state index contributed by atoms with van der Waals surface area (Å²) in [4.78, 5) is 12.5. The Morgan fingerprint density at radius 1 is 1.00 bits per heavy atom. The van der Waals surface area contributed by atoms with Gasteiger partial charge in [-0.2, -0.15) is 5.10 Å². The normalized spacial score (nSPS) is 12.0. The van der Waals surface area contributed by atoms with Crippen molar-refractivity contribution in [3.05, 3.63) is 139 Å². The smallest absolute Gasteiger partial charge is 0.147 e. The molecule has 0 radical (unpaired) electrons. The van der Waals surface area contributed by atoms with Gasteiger partial charge in [0.05, 0.1) is 22.4 Å². The van der Waals surface area contributed by atoms with Crippen molar-refractivity contribution < 1.29 is 0 Å². The van der Waals surface area contributed by atoms with Crippen molar-refractivity contribution in [2.24, 2.45) is 0 Å². The van der Waals surface area contributed by atoms with Crippen molar-refractivity contribution in [1.29, 1.82) is 0 Å². The highest BCUT2D eigenvalue weighted by Gasteiger charge is 2.15. The Morgan fingerprint density at radius 3 is 2.61 bits per heavy atom. The molecule has 0 atom stereocenters. The summed E-state index contributed by atoms with van der Waals surface area (Å²) in [7, 11) is 0. The van der Waals surface area contributed by atoms with Crippen LogP contribution >= 0.6 is 0 Å². The van der Waals surface area contributed by atoms with Gasteiger partial charge in [-0.15, -0.1) is 5.73 Å². The van der Waals surface area contributed by atoms with E-state index in [0.29, 0.717) is 0 Å². The van der Waals surface area contributed by atoms with Gasteiger partial charge in [0.1, 0.15) is 17.8 Å². The minimum absolute atomic E-state index is 0.796. The molecule has 0 saturated heterocycles. The first kappa shape index (κ1) is 25.6. The van der Waals surface area contributed by atoms with Gasteiger partial charge in [0.2, 0.25) is 0 Å². The quantitative estimate of drug-likeness (QED) is 0.139. The van der Waals surface area contributed by atoms with Crippen molar-refractivity contribution in [3.63, 3.8) is 0 Å². The Balaban J connectivity index is 1.37. The number of nitrogens with zero attached hydrogens (tertiary/aromatic N) is 4. The Morgan fingerprint density at radius 2 is 1.85 bits per heavy atom. The van der Waals surface area contributed by atoms with E-state index < -0.39 is 0 Å². The number of aryl methyl sites for hydroxylation is 1. The van der Waals surface area contributed by atoms with Crippen molar-refractivity contribution in [1.82, 2.24) is 35.0 Å². The van der Waals surface area contributed by atoms with Gasteiger partial charge in [0, 0.05) is 40.6 Å². The van der Waals surface area contributed by atoms with Crippen LogP contribution in [0.4, 0.5) is 0 Å². The molecule has 3 N–H and O–H groups in total. The number of allylic oxidation sites excluding steroid dienone is 4. The Kier molecular flexibility index (Phi) is 6.78. The van der Waals surface area contributed by atoms with Crippen molar-refractivity contribution in [2.75, 3.05) is 0 Å². The average Bonchev–Trinajstić information content (AvgIpc) is 3.73. The fraction of sp³-hybridized carbons (Fsp3) is 0.0588. The maximum absolute atomic E-state index is 4.68. The first-order valence-electron chi connectivity index (χ1n) is 13.3. The number of H-pyrrole nitrogens is 2. The largest absolute Gasteiger partial charge is 0.355 e. The van der Waals surface area contributed by atoms with E-state index >= 15 is 0 Å². The van der Waals surface area contributed by atoms with Crippen LogP contribution in [0.15, 0.2) is 122 Å². The molecule has 7 heteroatoms. The molecule has 4 heterocycles. The predicted octanol–water partition coefficient (Wildman–Crippen LogP) is 7.49. The summed E-state index contributed by atoms with van der Waals surface area (Å²) < 4.78 is 1.94. The summed E-state index contributed by atoms with van der Waals surface area (Å²) in [5.41, 5.74) is 12.2. The zero-order chi connectivity index (χ0) is 28.3. The predicted molar refractivity (Wildman–Crippen MR) is 167 cm³/mol. The third-order valence-electron chi connectivity index (χ3n) is 6.93. The molecule has 0 aliphatic heterocycles. The number of aromatic nitrogens is 6. The van der Waals surface area contributed by atoms with Crippen LogP contribution in [-0.2, 0) is 0 Å². The topological polar surface area (TPSA) is 87.2 Å². The van der Waals surface area contributed by atoms with Crippen LogP contribution < -0.4 is 5.32 Å². The summed E-state index contributed by atoms with van der Waals surface area (Å²) in [6, 6.07) is 20.4. The first-order valence-corrected chi connectivity index (χ1v) is 13.3. The molecule has 2 aromatic carbocycles. The van der Waals surface area contributed by atoms with Crippen LogP contribution in [0.2, 0.25) is 0 Å².